The first-order valence-electron chi connectivity index (χ1n) is 11.6. The van der Waals surface area contributed by atoms with Crippen LogP contribution >= 0.6 is 0 Å². The first-order valence-corrected chi connectivity index (χ1v) is 13.0. The lowest BCUT2D eigenvalue weighted by Gasteiger charge is -2.33. The standard InChI is InChI=1S/C25H33N3O3S/c1-20-6-5-15-27(19-20)23-11-9-21(10-12-23)18-26-25(29)22-13-16-28(17-14-22)32(30,31)24-7-3-2-4-8-24/h2-4,7-12,20,22H,5-6,13-19H2,1H3,(H,26,29). The second-order valence-electron chi connectivity index (χ2n) is 9.07. The molecule has 2 aromatic carbocycles. The van der Waals surface area contributed by atoms with Crippen molar-refractivity contribution in [2.75, 3.05) is 31.1 Å². The van der Waals surface area contributed by atoms with Crippen molar-refractivity contribution in [2.45, 2.75) is 44.0 Å². The predicted molar refractivity (Wildman–Crippen MR) is 127 cm³/mol. The molecule has 2 heterocycles. The van der Waals surface area contributed by atoms with E-state index in [9.17, 15) is 13.2 Å². The number of sulfonamides is 1. The Labute approximate surface area is 191 Å². The van der Waals surface area contributed by atoms with E-state index >= 15 is 0 Å². The van der Waals surface area contributed by atoms with Gasteiger partial charge in [0.25, 0.3) is 0 Å². The van der Waals surface area contributed by atoms with Gasteiger partial charge in [0.1, 0.15) is 0 Å². The van der Waals surface area contributed by atoms with Crippen LogP contribution in [0, 0.1) is 11.8 Å². The van der Waals surface area contributed by atoms with Gasteiger partial charge in [0.15, 0.2) is 0 Å². The van der Waals surface area contributed by atoms with Gasteiger partial charge in [-0.3, -0.25) is 4.79 Å². The normalized spacial score (nSPS) is 20.8. The van der Waals surface area contributed by atoms with E-state index in [0.717, 1.165) is 24.6 Å². The van der Waals surface area contributed by atoms with Gasteiger partial charge in [0.2, 0.25) is 15.9 Å². The quantitative estimate of drug-likeness (QED) is 0.722. The number of carbonyl (C=O) groups excluding carboxylic acids is 1. The Kier molecular flexibility index (Phi) is 7.16. The second kappa shape index (κ2) is 10.0. The number of benzene rings is 2. The highest BCUT2D eigenvalue weighted by Gasteiger charge is 2.31. The third-order valence-corrected chi connectivity index (χ3v) is 8.54. The Hall–Kier alpha value is -2.38. The minimum Gasteiger partial charge on any atom is -0.371 e. The number of carbonyl (C=O) groups is 1. The van der Waals surface area contributed by atoms with Crippen LogP contribution in [0.4, 0.5) is 5.69 Å². The summed E-state index contributed by atoms with van der Waals surface area (Å²) in [6, 6.07) is 17.0. The van der Waals surface area contributed by atoms with E-state index in [4.69, 9.17) is 0 Å². The van der Waals surface area contributed by atoms with Gasteiger partial charge in [-0.2, -0.15) is 4.31 Å². The van der Waals surface area contributed by atoms with Crippen LogP contribution in [0.25, 0.3) is 0 Å². The maximum absolute atomic E-state index is 12.8. The molecule has 0 aromatic heterocycles. The molecule has 2 saturated heterocycles. The molecule has 2 aliphatic heterocycles. The largest absolute Gasteiger partial charge is 0.371 e. The molecular formula is C25H33N3O3S. The summed E-state index contributed by atoms with van der Waals surface area (Å²) >= 11 is 0. The Morgan fingerprint density at radius 3 is 2.31 bits per heavy atom. The molecule has 0 bridgehead atoms. The number of amides is 1. The first kappa shape index (κ1) is 22.8. The Bertz CT molecular complexity index is 1000. The SMILES string of the molecule is CC1CCCN(c2ccc(CNC(=O)C3CCN(S(=O)(=O)c4ccccc4)CC3)cc2)C1. The number of rotatable bonds is 6. The number of hydrogen-bond acceptors (Lipinski definition) is 4. The molecule has 2 fully saturated rings. The lowest BCUT2D eigenvalue weighted by Crippen LogP contribution is -2.42. The topological polar surface area (TPSA) is 69.7 Å². The number of hydrogen-bond donors (Lipinski definition) is 1. The molecule has 4 rings (SSSR count). The van der Waals surface area contributed by atoms with Crippen LogP contribution in [-0.2, 0) is 21.4 Å². The summed E-state index contributed by atoms with van der Waals surface area (Å²) in [4.78, 5) is 15.4. The van der Waals surface area contributed by atoms with Gasteiger partial charge < -0.3 is 10.2 Å². The van der Waals surface area contributed by atoms with Gasteiger partial charge in [-0.05, 0) is 61.4 Å². The number of anilines is 1. The summed E-state index contributed by atoms with van der Waals surface area (Å²) in [5.41, 5.74) is 2.33. The highest BCUT2D eigenvalue weighted by atomic mass is 32.2. The third kappa shape index (κ3) is 5.33. The first-order chi connectivity index (χ1) is 15.4. The zero-order valence-electron chi connectivity index (χ0n) is 18.7. The number of nitrogens with one attached hydrogen (secondary N) is 1. The fourth-order valence-electron chi connectivity index (χ4n) is 4.68. The van der Waals surface area contributed by atoms with E-state index in [0.29, 0.717) is 37.4 Å². The minimum atomic E-state index is -3.49. The van der Waals surface area contributed by atoms with E-state index in [1.165, 1.54) is 22.8 Å². The molecule has 2 aliphatic rings. The maximum atomic E-state index is 12.8. The second-order valence-corrected chi connectivity index (χ2v) is 11.0. The summed E-state index contributed by atoms with van der Waals surface area (Å²) in [5.74, 6) is 0.596. The van der Waals surface area contributed by atoms with Crippen LogP contribution in [0.2, 0.25) is 0 Å². The van der Waals surface area contributed by atoms with Crippen molar-refractivity contribution in [3.63, 3.8) is 0 Å². The highest BCUT2D eigenvalue weighted by molar-refractivity contribution is 7.89. The average molecular weight is 456 g/mol. The van der Waals surface area contributed by atoms with Crippen molar-refractivity contribution in [3.8, 4) is 0 Å². The molecule has 1 amide bonds. The Morgan fingerprint density at radius 2 is 1.66 bits per heavy atom. The van der Waals surface area contributed by atoms with E-state index in [1.807, 2.05) is 0 Å². The van der Waals surface area contributed by atoms with Crippen LogP contribution in [0.5, 0.6) is 0 Å². The average Bonchev–Trinajstić information content (AvgIpc) is 2.83. The Balaban J connectivity index is 1.26. The van der Waals surface area contributed by atoms with Gasteiger partial charge in [0, 0.05) is 44.3 Å². The molecular weight excluding hydrogens is 422 g/mol. The molecule has 0 radical (unpaired) electrons. The van der Waals surface area contributed by atoms with E-state index < -0.39 is 10.0 Å². The van der Waals surface area contributed by atoms with Gasteiger partial charge in [-0.25, -0.2) is 8.42 Å². The number of piperidine rings is 2. The molecule has 6 nitrogen and oxygen atoms in total. The van der Waals surface area contributed by atoms with Gasteiger partial charge in [0.05, 0.1) is 4.90 Å². The van der Waals surface area contributed by atoms with Crippen LogP contribution in [0.3, 0.4) is 0 Å². The molecule has 0 aliphatic carbocycles. The molecule has 2 aromatic rings. The van der Waals surface area contributed by atoms with Crippen molar-refractivity contribution in [1.29, 1.82) is 0 Å². The van der Waals surface area contributed by atoms with Crippen LogP contribution < -0.4 is 10.2 Å². The molecule has 1 N–H and O–H groups in total. The summed E-state index contributed by atoms with van der Waals surface area (Å²) in [7, 11) is -3.49. The lowest BCUT2D eigenvalue weighted by atomic mass is 9.97. The van der Waals surface area contributed by atoms with E-state index in [2.05, 4.69) is 41.4 Å². The fourth-order valence-corrected chi connectivity index (χ4v) is 6.17. The maximum Gasteiger partial charge on any atom is 0.243 e. The molecule has 32 heavy (non-hydrogen) atoms. The Morgan fingerprint density at radius 1 is 0.969 bits per heavy atom. The van der Waals surface area contributed by atoms with Gasteiger partial charge in [-0.1, -0.05) is 37.3 Å². The van der Waals surface area contributed by atoms with Crippen LogP contribution in [0.15, 0.2) is 59.5 Å². The molecule has 172 valence electrons. The monoisotopic (exact) mass is 455 g/mol. The van der Waals surface area contributed by atoms with Crippen molar-refractivity contribution in [1.82, 2.24) is 9.62 Å². The molecule has 0 spiro atoms. The van der Waals surface area contributed by atoms with Gasteiger partial charge >= 0.3 is 0 Å². The smallest absolute Gasteiger partial charge is 0.243 e. The van der Waals surface area contributed by atoms with Crippen molar-refractivity contribution in [2.24, 2.45) is 11.8 Å². The lowest BCUT2D eigenvalue weighted by molar-refractivity contribution is -0.126. The summed E-state index contributed by atoms with van der Waals surface area (Å²) < 4.78 is 27.0. The van der Waals surface area contributed by atoms with Gasteiger partial charge in [-0.15, -0.1) is 0 Å². The predicted octanol–water partition coefficient (Wildman–Crippen LogP) is 3.64. The summed E-state index contributed by atoms with van der Waals surface area (Å²) in [6.45, 7) is 5.76. The summed E-state index contributed by atoms with van der Waals surface area (Å²) in [6.07, 6.45) is 3.64. The summed E-state index contributed by atoms with van der Waals surface area (Å²) in [5, 5.41) is 3.04. The van der Waals surface area contributed by atoms with E-state index in [1.54, 1.807) is 30.3 Å². The van der Waals surface area contributed by atoms with Crippen molar-refractivity contribution in [3.05, 3.63) is 60.2 Å². The van der Waals surface area contributed by atoms with Crippen molar-refractivity contribution < 1.29 is 13.2 Å². The van der Waals surface area contributed by atoms with Crippen molar-refractivity contribution >= 4 is 21.6 Å². The van der Waals surface area contributed by atoms with E-state index in [-0.39, 0.29) is 11.8 Å². The zero-order valence-corrected chi connectivity index (χ0v) is 19.6. The zero-order chi connectivity index (χ0) is 22.6. The number of nitrogens with zero attached hydrogens (tertiary/aromatic N) is 2. The molecule has 7 heteroatoms. The molecule has 1 unspecified atom stereocenters. The molecule has 0 saturated carbocycles. The highest BCUT2D eigenvalue weighted by Crippen LogP contribution is 2.25. The van der Waals surface area contributed by atoms with Crippen LogP contribution in [0.1, 0.15) is 38.2 Å². The molecule has 1 atom stereocenters. The van der Waals surface area contributed by atoms with Crippen LogP contribution in [-0.4, -0.2) is 44.8 Å². The third-order valence-electron chi connectivity index (χ3n) is 6.63. The minimum absolute atomic E-state index is 0.00990. The fraction of sp³-hybridized carbons (Fsp3) is 0.480.